The molecule has 1 nitrogen and oxygen atoms in total. The van der Waals surface area contributed by atoms with E-state index in [2.05, 4.69) is 11.5 Å². The molecule has 0 aromatic rings. The number of rotatable bonds is 16. The van der Waals surface area contributed by atoms with Crippen molar-refractivity contribution in [2.45, 2.75) is 102 Å². The summed E-state index contributed by atoms with van der Waals surface area (Å²) in [7, 11) is 0. The van der Waals surface area contributed by atoms with Gasteiger partial charge in [-0.1, -0.05) is 89.5 Å². The summed E-state index contributed by atoms with van der Waals surface area (Å²) in [6, 6.07) is 0. The van der Waals surface area contributed by atoms with Gasteiger partial charge in [-0.3, -0.25) is 0 Å². The summed E-state index contributed by atoms with van der Waals surface area (Å²) in [6.45, 7) is 0.872. The molecule has 0 aromatic heterocycles. The highest BCUT2D eigenvalue weighted by molar-refractivity contribution is 8.04. The molecular weight excluding hydrogens is 274 g/mol. The molecule has 1 atom stereocenters. The van der Waals surface area contributed by atoms with Crippen molar-refractivity contribution in [3.8, 4) is 0 Å². The summed E-state index contributed by atoms with van der Waals surface area (Å²) < 4.78 is 0. The minimum absolute atomic E-state index is 0.861. The lowest BCUT2D eigenvalue weighted by atomic mass is 10.0. The van der Waals surface area contributed by atoms with E-state index in [1.165, 1.54) is 96.3 Å². The molecule has 0 aromatic carbocycles. The molecule has 0 fully saturated rings. The quantitative estimate of drug-likeness (QED) is 0.333. The first-order valence-corrected chi connectivity index (χ1v) is 10.4. The van der Waals surface area contributed by atoms with Crippen LogP contribution in [0.2, 0.25) is 0 Å². The van der Waals surface area contributed by atoms with Gasteiger partial charge in [-0.05, 0) is 24.8 Å². The van der Waals surface area contributed by atoms with E-state index in [1.807, 2.05) is 11.8 Å². The molecule has 1 aliphatic heterocycles. The fourth-order valence-electron chi connectivity index (χ4n) is 2.97. The lowest BCUT2D eigenvalue weighted by molar-refractivity contribution is 0.532. The van der Waals surface area contributed by atoms with Crippen molar-refractivity contribution in [2.75, 3.05) is 6.54 Å². The second-order valence-electron chi connectivity index (χ2n) is 6.53. The summed E-state index contributed by atoms with van der Waals surface area (Å²) in [5.74, 6) is 0. The number of unbranched alkanes of at least 4 members (excludes halogenated alkanes) is 13. The van der Waals surface area contributed by atoms with Crippen molar-refractivity contribution in [3.05, 3.63) is 11.5 Å². The van der Waals surface area contributed by atoms with Crippen LogP contribution in [0.5, 0.6) is 0 Å². The van der Waals surface area contributed by atoms with Crippen LogP contribution in [0.25, 0.3) is 0 Å². The molecule has 124 valence electrons. The summed E-state index contributed by atoms with van der Waals surface area (Å²) in [5.41, 5.74) is 5.49. The van der Waals surface area contributed by atoms with Gasteiger partial charge < -0.3 is 5.73 Å². The van der Waals surface area contributed by atoms with E-state index >= 15 is 0 Å². The number of nitrogens with two attached hydrogens (primary N) is 1. The van der Waals surface area contributed by atoms with Crippen LogP contribution < -0.4 is 5.73 Å². The Labute approximate surface area is 137 Å². The molecule has 0 bridgehead atoms. The van der Waals surface area contributed by atoms with Gasteiger partial charge in [-0.2, -0.15) is 0 Å². The third kappa shape index (κ3) is 12.3. The van der Waals surface area contributed by atoms with Crippen molar-refractivity contribution in [2.24, 2.45) is 5.73 Å². The van der Waals surface area contributed by atoms with Crippen LogP contribution in [0.3, 0.4) is 0 Å². The zero-order chi connectivity index (χ0) is 15.0. The van der Waals surface area contributed by atoms with Crippen LogP contribution >= 0.6 is 11.8 Å². The monoisotopic (exact) mass is 311 g/mol. The first-order chi connectivity index (χ1) is 10.4. The summed E-state index contributed by atoms with van der Waals surface area (Å²) in [5, 5.41) is 3.09. The summed E-state index contributed by atoms with van der Waals surface area (Å²) in [6.07, 6.45) is 23.7. The molecule has 21 heavy (non-hydrogen) atoms. The zero-order valence-electron chi connectivity index (χ0n) is 14.0. The van der Waals surface area contributed by atoms with Crippen LogP contribution in [-0.4, -0.2) is 11.8 Å². The predicted octanol–water partition coefficient (Wildman–Crippen LogP) is 6.43. The predicted molar refractivity (Wildman–Crippen MR) is 98.8 cm³/mol. The normalized spacial score (nSPS) is 17.1. The number of thioether (sulfide) groups is 1. The van der Waals surface area contributed by atoms with Crippen LogP contribution in [0.15, 0.2) is 11.5 Å². The zero-order valence-corrected chi connectivity index (χ0v) is 14.8. The molecule has 1 heterocycles. The van der Waals surface area contributed by atoms with Crippen LogP contribution in [0.1, 0.15) is 96.3 Å². The van der Waals surface area contributed by atoms with E-state index in [0.717, 1.165) is 11.8 Å². The van der Waals surface area contributed by atoms with Gasteiger partial charge in [0.15, 0.2) is 0 Å². The Hall–Kier alpha value is 0.0500. The molecule has 1 unspecified atom stereocenters. The van der Waals surface area contributed by atoms with Gasteiger partial charge in [-0.25, -0.2) is 0 Å². The van der Waals surface area contributed by atoms with Gasteiger partial charge in [0.1, 0.15) is 0 Å². The molecule has 0 saturated carbocycles. The molecule has 2 N–H and O–H groups in total. The highest BCUT2D eigenvalue weighted by Gasteiger charge is 2.09. The summed E-state index contributed by atoms with van der Waals surface area (Å²) in [4.78, 5) is 0. The number of hydrogen-bond donors (Lipinski definition) is 1. The maximum Gasteiger partial charge on any atom is 0.0276 e. The molecular formula is C19H37NS. The minimum Gasteiger partial charge on any atom is -0.330 e. The molecule has 0 saturated heterocycles. The fourth-order valence-corrected chi connectivity index (χ4v) is 3.65. The molecule has 1 rings (SSSR count). The van der Waals surface area contributed by atoms with Gasteiger partial charge in [0.2, 0.25) is 0 Å². The highest BCUT2D eigenvalue weighted by atomic mass is 32.2. The maximum atomic E-state index is 5.49. The fraction of sp³-hybridized carbons (Fsp3) is 0.895. The van der Waals surface area contributed by atoms with Crippen molar-refractivity contribution >= 4 is 11.8 Å². The Balaban J connectivity index is 1.62. The molecule has 0 amide bonds. The third-order valence-corrected chi connectivity index (χ3v) is 5.55. The van der Waals surface area contributed by atoms with Crippen molar-refractivity contribution in [1.82, 2.24) is 0 Å². The lowest BCUT2D eigenvalue weighted by Gasteiger charge is -2.16. The third-order valence-electron chi connectivity index (χ3n) is 4.49. The van der Waals surface area contributed by atoms with Gasteiger partial charge in [0.25, 0.3) is 0 Å². The Morgan fingerprint density at radius 2 is 1.00 bits per heavy atom. The average Bonchev–Trinajstić information content (AvgIpc) is 2.45. The van der Waals surface area contributed by atoms with Crippen molar-refractivity contribution in [3.63, 3.8) is 0 Å². The Kier molecular flexibility index (Phi) is 13.6. The van der Waals surface area contributed by atoms with Crippen molar-refractivity contribution in [1.29, 1.82) is 0 Å². The van der Waals surface area contributed by atoms with E-state index < -0.39 is 0 Å². The Morgan fingerprint density at radius 1 is 0.619 bits per heavy atom. The second-order valence-corrected chi connectivity index (χ2v) is 7.68. The van der Waals surface area contributed by atoms with Crippen LogP contribution in [-0.2, 0) is 0 Å². The van der Waals surface area contributed by atoms with E-state index in [4.69, 9.17) is 5.73 Å². The topological polar surface area (TPSA) is 26.0 Å². The van der Waals surface area contributed by atoms with Crippen LogP contribution in [0, 0.1) is 0 Å². The first-order valence-electron chi connectivity index (χ1n) is 9.45. The average molecular weight is 312 g/mol. The van der Waals surface area contributed by atoms with Gasteiger partial charge >= 0.3 is 0 Å². The van der Waals surface area contributed by atoms with E-state index in [-0.39, 0.29) is 0 Å². The molecule has 1 aliphatic rings. The van der Waals surface area contributed by atoms with E-state index in [0.29, 0.717) is 0 Å². The minimum atomic E-state index is 0.861. The van der Waals surface area contributed by atoms with E-state index in [9.17, 15) is 0 Å². The van der Waals surface area contributed by atoms with Gasteiger partial charge in [0, 0.05) is 5.25 Å². The SMILES string of the molecule is NCCCCCCCCCCCCCCCCC1C=CS1. The maximum absolute atomic E-state index is 5.49. The second kappa shape index (κ2) is 15.0. The smallest absolute Gasteiger partial charge is 0.0276 e. The number of hydrogen-bond acceptors (Lipinski definition) is 2. The first kappa shape index (κ1) is 19.1. The summed E-state index contributed by atoms with van der Waals surface area (Å²) >= 11 is 2.01. The van der Waals surface area contributed by atoms with Crippen molar-refractivity contribution < 1.29 is 0 Å². The van der Waals surface area contributed by atoms with Crippen LogP contribution in [0.4, 0.5) is 0 Å². The lowest BCUT2D eigenvalue weighted by Crippen LogP contribution is -2.02. The van der Waals surface area contributed by atoms with Gasteiger partial charge in [0.05, 0.1) is 0 Å². The highest BCUT2D eigenvalue weighted by Crippen LogP contribution is 2.28. The Bertz CT molecular complexity index is 240. The van der Waals surface area contributed by atoms with E-state index in [1.54, 1.807) is 0 Å². The molecule has 0 radical (unpaired) electrons. The largest absolute Gasteiger partial charge is 0.330 e. The molecule has 0 aliphatic carbocycles. The standard InChI is InChI=1S/C19H37NS/c20-17-14-12-10-8-6-4-2-1-3-5-7-9-11-13-15-19-16-18-21-19/h16,18-19H,1-15,17,20H2. The van der Waals surface area contributed by atoms with Gasteiger partial charge in [-0.15, -0.1) is 11.8 Å². The molecule has 2 heteroatoms. The molecule has 0 spiro atoms. The Morgan fingerprint density at radius 3 is 1.33 bits per heavy atom.